The van der Waals surface area contributed by atoms with E-state index in [0.717, 1.165) is 61.8 Å². The van der Waals surface area contributed by atoms with Crippen LogP contribution in [0.25, 0.3) is 133 Å². The number of pyridine rings is 2. The average molecular weight is 1520 g/mol. The monoisotopic (exact) mass is 1520 g/mol. The Morgan fingerprint density at radius 1 is 0.292 bits per heavy atom. The molecule has 8 heteroatoms. The van der Waals surface area contributed by atoms with E-state index in [1.54, 1.807) is 0 Å². The third kappa shape index (κ3) is 12.0. The third-order valence-corrected chi connectivity index (χ3v) is 23.9. The molecule has 0 N–H and O–H groups in total. The molecule has 0 saturated carbocycles. The summed E-state index contributed by atoms with van der Waals surface area (Å²) in [5, 5.41) is 7.50. The molecule has 2 aliphatic carbocycles. The highest BCUT2D eigenvalue weighted by Gasteiger charge is 2.37. The maximum Gasteiger partial charge on any atom is 0.0701 e. The van der Waals surface area contributed by atoms with Crippen LogP contribution in [0.4, 0.5) is 17.1 Å². The van der Waals surface area contributed by atoms with Crippen LogP contribution in [0.2, 0.25) is 0 Å². The first-order valence-electron chi connectivity index (χ1n) is 38.8. The third-order valence-electron chi connectivity index (χ3n) is 23.4. The highest BCUT2D eigenvalue weighted by Crippen LogP contribution is 2.53. The summed E-state index contributed by atoms with van der Waals surface area (Å²) in [5.41, 5.74) is 33.0. The average Bonchev–Trinajstić information content (AvgIpc) is 1.33. The molecule has 0 radical (unpaired) electrons. The Balaban J connectivity index is 0.000000122. The fourth-order valence-corrected chi connectivity index (χ4v) is 18.3. The molecule has 7 nitrogen and oxygen atoms in total. The van der Waals surface area contributed by atoms with E-state index in [-0.39, 0.29) is 10.8 Å². The maximum atomic E-state index is 4.63. The summed E-state index contributed by atoms with van der Waals surface area (Å²) in [6.07, 6.45) is 9.01. The van der Waals surface area contributed by atoms with Gasteiger partial charge in [-0.05, 0) is 232 Å². The zero-order chi connectivity index (χ0) is 75.9. The molecule has 0 atom stereocenters. The fraction of sp³-hybridized carbons (Fsp3) is 0.0667. The number of fused-ring (bicyclic) bond motifs is 16. The minimum Gasteiger partial charge on any atom is -0.317 e. The van der Waals surface area contributed by atoms with Crippen LogP contribution >= 0.6 is 15.9 Å². The topological polar surface area (TPSA) is 48.7 Å². The number of para-hydroxylation sites is 4. The van der Waals surface area contributed by atoms with Gasteiger partial charge in [-0.1, -0.05) is 238 Å². The molecule has 0 unspecified atom stereocenters. The van der Waals surface area contributed by atoms with Gasteiger partial charge in [-0.25, -0.2) is 0 Å². The van der Waals surface area contributed by atoms with E-state index in [1.165, 1.54) is 132 Å². The van der Waals surface area contributed by atoms with E-state index in [9.17, 15) is 0 Å². The number of rotatable bonds is 11. The molecular formula is C105H78BrN7. The largest absolute Gasteiger partial charge is 0.317 e. The highest BCUT2D eigenvalue weighted by atomic mass is 79.9. The second-order valence-corrected chi connectivity index (χ2v) is 31.6. The van der Waals surface area contributed by atoms with Crippen LogP contribution in [0.1, 0.15) is 61.1 Å². The quantitative estimate of drug-likeness (QED) is 0.130. The molecule has 0 fully saturated rings. The van der Waals surface area contributed by atoms with E-state index >= 15 is 0 Å². The van der Waals surface area contributed by atoms with E-state index < -0.39 is 0 Å². The first kappa shape index (κ1) is 68.6. The van der Waals surface area contributed by atoms with Gasteiger partial charge >= 0.3 is 0 Å². The van der Waals surface area contributed by atoms with Crippen molar-refractivity contribution >= 4 is 98.4 Å². The van der Waals surface area contributed by atoms with Crippen molar-refractivity contribution in [3.63, 3.8) is 0 Å². The van der Waals surface area contributed by atoms with Crippen LogP contribution in [-0.4, -0.2) is 28.2 Å². The smallest absolute Gasteiger partial charge is 0.0701 e. The van der Waals surface area contributed by atoms with Crippen molar-refractivity contribution in [3.8, 4) is 67.5 Å². The van der Waals surface area contributed by atoms with Crippen molar-refractivity contribution in [2.75, 3.05) is 4.90 Å². The highest BCUT2D eigenvalue weighted by molar-refractivity contribution is 9.10. The van der Waals surface area contributed by atoms with Crippen LogP contribution in [0.3, 0.4) is 0 Å². The Hall–Kier alpha value is -13.7. The van der Waals surface area contributed by atoms with Gasteiger partial charge in [-0.3, -0.25) is 9.97 Å². The zero-order valence-corrected chi connectivity index (χ0v) is 64.8. The predicted molar refractivity (Wildman–Crippen MR) is 475 cm³/mol. The van der Waals surface area contributed by atoms with Gasteiger partial charge in [0.2, 0.25) is 0 Å². The van der Waals surface area contributed by atoms with Crippen molar-refractivity contribution < 1.29 is 0 Å². The lowest BCUT2D eigenvalue weighted by atomic mass is 9.81. The zero-order valence-electron chi connectivity index (χ0n) is 63.2. The lowest BCUT2D eigenvalue weighted by Crippen LogP contribution is -2.16. The van der Waals surface area contributed by atoms with Crippen LogP contribution in [0.5, 0.6) is 0 Å². The van der Waals surface area contributed by atoms with E-state index in [0.29, 0.717) is 0 Å². The first-order valence-corrected chi connectivity index (χ1v) is 39.6. The molecule has 113 heavy (non-hydrogen) atoms. The number of aromatic nitrogens is 6. The number of nitrogens with zero attached hydrogens (tertiary/aromatic N) is 7. The summed E-state index contributed by atoms with van der Waals surface area (Å²) < 4.78 is 10.4. The van der Waals surface area contributed by atoms with Crippen molar-refractivity contribution in [2.45, 2.75) is 44.9 Å². The van der Waals surface area contributed by atoms with E-state index in [1.807, 2.05) is 36.7 Å². The molecule has 22 rings (SSSR count). The number of benzene rings is 14. The molecule has 0 spiro atoms. The Bertz CT molecular complexity index is 6980. The Kier molecular flexibility index (Phi) is 17.0. The van der Waals surface area contributed by atoms with Crippen LogP contribution < -0.4 is 4.90 Å². The van der Waals surface area contributed by atoms with Crippen LogP contribution in [-0.2, 0) is 17.3 Å². The summed E-state index contributed by atoms with van der Waals surface area (Å²) in [6.45, 7) is 9.38. The predicted octanol–water partition coefficient (Wildman–Crippen LogP) is 27.7. The summed E-state index contributed by atoms with van der Waals surface area (Å²) in [5.74, 6) is 0. The second-order valence-electron chi connectivity index (χ2n) is 30.7. The van der Waals surface area contributed by atoms with Crippen molar-refractivity contribution in [2.24, 2.45) is 0 Å². The fourth-order valence-electron chi connectivity index (χ4n) is 17.9. The maximum absolute atomic E-state index is 4.63. The van der Waals surface area contributed by atoms with E-state index in [2.05, 4.69) is 429 Å². The Morgan fingerprint density at radius 3 is 1.19 bits per heavy atom. The summed E-state index contributed by atoms with van der Waals surface area (Å²) in [4.78, 5) is 11.5. The normalized spacial score (nSPS) is 12.8. The summed E-state index contributed by atoms with van der Waals surface area (Å²) in [6, 6.07) is 131. The van der Waals surface area contributed by atoms with Gasteiger partial charge in [-0.2, -0.15) is 0 Å². The lowest BCUT2D eigenvalue weighted by molar-refractivity contribution is 0.659. The minimum absolute atomic E-state index is 0.0603. The van der Waals surface area contributed by atoms with Crippen molar-refractivity contribution in [1.82, 2.24) is 28.2 Å². The molecule has 20 aromatic rings. The molecule has 0 amide bonds. The number of hydrogen-bond donors (Lipinski definition) is 0. The van der Waals surface area contributed by atoms with Crippen LogP contribution in [0, 0.1) is 0 Å². The standard InChI is InChI=1S/C52H38N4.C27H23N.C26H17BrN2/c1-52(2)45-18-10-9-17-41(45)42-26-24-40(34-46(42)52)55(38-22-20-35(21-23-38)47-19-11-12-31-53-47)39-25-27-49-44(33-39)51-43-30-32-54(36-13-5-3-6-14-36)48(43)28-29-50(51)56(49)37-15-7-4-8-16-37;1-27(2)24-8-4-3-7-22(24)23-15-12-20(18-25(23)27)17-19-10-13-21(14-11-19)26-9-5-6-16-28-26;27-18-11-12-24-22(17-18)26-21-15-16-28(19-7-3-1-4-8-19)23(21)13-14-25(26)29(24)20-9-5-2-6-10-20/h3-34H,1-2H3;3-16,18H,17H2,1-2H3;1-17H. The lowest BCUT2D eigenvalue weighted by Gasteiger charge is -2.28. The SMILES string of the molecule is Brc1ccc2c(c1)c1c3ccn(-c4ccccc4)c3ccc1n2-c1ccccc1.CC1(C)c2ccccc2-c2ccc(Cc3ccc(-c4ccccn4)cc3)cc21.CC1(C)c2ccccc2-c2ccc(N(c3ccc(-c4ccccn4)cc3)c3ccc4c(c3)c3c5ccn(-c6ccccc6)c5ccc3n4-c3ccccc3)cc21. The second kappa shape index (κ2) is 28.0. The van der Waals surface area contributed by atoms with Gasteiger partial charge in [0, 0.05) is 123 Å². The number of anilines is 3. The van der Waals surface area contributed by atoms with Gasteiger partial charge in [0.25, 0.3) is 0 Å². The molecule has 14 aromatic carbocycles. The van der Waals surface area contributed by atoms with Gasteiger partial charge in [-0.15, -0.1) is 0 Å². The van der Waals surface area contributed by atoms with Gasteiger partial charge in [0.15, 0.2) is 0 Å². The first-order chi connectivity index (χ1) is 55.5. The summed E-state index contributed by atoms with van der Waals surface area (Å²) >= 11 is 3.68. The van der Waals surface area contributed by atoms with Gasteiger partial charge in [0.1, 0.15) is 0 Å². The molecule has 6 aromatic heterocycles. The van der Waals surface area contributed by atoms with Gasteiger partial charge in [0.05, 0.1) is 44.5 Å². The van der Waals surface area contributed by atoms with Gasteiger partial charge < -0.3 is 23.2 Å². The molecule has 6 heterocycles. The molecular weight excluding hydrogens is 1440 g/mol. The van der Waals surface area contributed by atoms with Crippen molar-refractivity contribution in [3.05, 3.63) is 427 Å². The molecule has 0 aliphatic heterocycles. The molecule has 2 aliphatic rings. The molecule has 0 saturated heterocycles. The Morgan fingerprint density at radius 2 is 0.681 bits per heavy atom. The number of halogens is 1. The van der Waals surface area contributed by atoms with E-state index in [4.69, 9.17) is 0 Å². The molecule has 0 bridgehead atoms. The van der Waals surface area contributed by atoms with Crippen LogP contribution in [0.15, 0.2) is 393 Å². The summed E-state index contributed by atoms with van der Waals surface area (Å²) in [7, 11) is 0. The Labute approximate surface area is 666 Å². The number of hydrogen-bond acceptors (Lipinski definition) is 3. The van der Waals surface area contributed by atoms with Crippen molar-refractivity contribution in [1.29, 1.82) is 0 Å². The molecule has 540 valence electrons. The minimum atomic E-state index is -0.124.